The fourth-order valence-electron chi connectivity index (χ4n) is 9.76. The number of aliphatic hydroxyl groups is 2. The Balaban J connectivity index is 1.18. The molecule has 0 spiro atoms. The number of fused-ring (bicyclic) bond motifs is 6. The van der Waals surface area contributed by atoms with Gasteiger partial charge in [0.1, 0.15) is 24.3 Å². The van der Waals surface area contributed by atoms with Crippen molar-refractivity contribution in [2.75, 3.05) is 13.1 Å². The lowest BCUT2D eigenvalue weighted by atomic mass is 9.71. The highest BCUT2D eigenvalue weighted by molar-refractivity contribution is 5.92. The van der Waals surface area contributed by atoms with Crippen molar-refractivity contribution in [2.45, 2.75) is 37.1 Å². The lowest BCUT2D eigenvalue weighted by Crippen LogP contribution is -2.67. The average Bonchev–Trinajstić information content (AvgIpc) is 3.19. The minimum atomic E-state index is -1.43. The van der Waals surface area contributed by atoms with Crippen LogP contribution in [0.2, 0.25) is 0 Å². The van der Waals surface area contributed by atoms with E-state index in [-0.39, 0.29) is 6.04 Å². The summed E-state index contributed by atoms with van der Waals surface area (Å²) >= 11 is 0. The molecule has 3 fully saturated rings. The summed E-state index contributed by atoms with van der Waals surface area (Å²) in [6, 6.07) is 48.0. The molecular weight excluding hydrogens is 625 g/mol. The van der Waals surface area contributed by atoms with Crippen molar-refractivity contribution < 1.29 is 14.7 Å². The number of aliphatic hydroxyl groups excluding tert-OH is 1. The van der Waals surface area contributed by atoms with Gasteiger partial charge in [-0.1, -0.05) is 127 Å². The molecule has 7 aromatic rings. The molecule has 10 rings (SSSR count). The van der Waals surface area contributed by atoms with E-state index in [2.05, 4.69) is 133 Å². The molecule has 4 heterocycles. The average molecular weight is 668 g/mol. The molecule has 3 aliphatic heterocycles. The lowest BCUT2D eigenvalue weighted by Gasteiger charge is -2.58. The van der Waals surface area contributed by atoms with Crippen molar-refractivity contribution in [3.63, 3.8) is 0 Å². The van der Waals surface area contributed by atoms with Crippen LogP contribution < -0.4 is 0 Å². The summed E-state index contributed by atoms with van der Waals surface area (Å²) in [4.78, 5) is 4.60. The van der Waals surface area contributed by atoms with Crippen LogP contribution in [0.5, 0.6) is 0 Å². The molecular formula is C47H43N2O2+. The number of benzene rings is 6. The lowest BCUT2D eigenvalue weighted by molar-refractivity contribution is -0.984. The van der Waals surface area contributed by atoms with E-state index in [9.17, 15) is 10.2 Å². The largest absolute Gasteiger partial charge is 0.382 e. The molecule has 2 bridgehead atoms. The van der Waals surface area contributed by atoms with Gasteiger partial charge in [-0.15, -0.1) is 6.58 Å². The molecule has 0 aliphatic carbocycles. The van der Waals surface area contributed by atoms with Gasteiger partial charge in [0.25, 0.3) is 0 Å². The van der Waals surface area contributed by atoms with Gasteiger partial charge in [0.15, 0.2) is 0 Å². The summed E-state index contributed by atoms with van der Waals surface area (Å²) in [7, 11) is 0. The highest BCUT2D eigenvalue weighted by atomic mass is 16.3. The van der Waals surface area contributed by atoms with E-state index in [4.69, 9.17) is 0 Å². The molecule has 4 heteroatoms. The molecule has 0 saturated carbocycles. The first kappa shape index (κ1) is 31.8. The van der Waals surface area contributed by atoms with Crippen molar-refractivity contribution in [2.24, 2.45) is 11.8 Å². The third-order valence-corrected chi connectivity index (χ3v) is 12.2. The second kappa shape index (κ2) is 12.6. The molecule has 4 nitrogen and oxygen atoms in total. The molecule has 51 heavy (non-hydrogen) atoms. The molecule has 0 radical (unpaired) electrons. The molecule has 252 valence electrons. The number of nitrogens with zero attached hydrogens (tertiary/aromatic N) is 2. The molecule has 3 saturated heterocycles. The Bertz CT molecular complexity index is 2320. The molecule has 5 atom stereocenters. The third kappa shape index (κ3) is 5.20. The minimum absolute atomic E-state index is 0.0319. The van der Waals surface area contributed by atoms with Crippen LogP contribution in [0.3, 0.4) is 0 Å². The van der Waals surface area contributed by atoms with Gasteiger partial charge < -0.3 is 14.7 Å². The van der Waals surface area contributed by atoms with Gasteiger partial charge in [-0.3, -0.25) is 4.98 Å². The Kier molecular flexibility index (Phi) is 7.85. The van der Waals surface area contributed by atoms with Crippen molar-refractivity contribution in [3.05, 3.63) is 186 Å². The standard InChI is InChI=1S/C47H43N2O2/c1-2-33-31-49(27-25-36(33)29-45(49)46(50)41-24-26-48-44-23-8-7-20-40(41)44)30-32-12-9-17-37(28-32)47(51,42-21-10-15-34-13-3-5-18-38(34)42)43-22-11-16-35-14-4-6-19-39(35)43/h2-24,26,28,33,36,45-46,50-51H,1,25,27,29-31H2/q+1/t33-,36-,45+,46-,49+/m0/s1. The molecule has 0 unspecified atom stereocenters. The van der Waals surface area contributed by atoms with E-state index in [1.54, 1.807) is 0 Å². The van der Waals surface area contributed by atoms with Gasteiger partial charge in [0.05, 0.1) is 18.6 Å². The van der Waals surface area contributed by atoms with E-state index in [0.29, 0.717) is 11.8 Å². The number of aromatic nitrogens is 1. The van der Waals surface area contributed by atoms with Crippen molar-refractivity contribution in [1.82, 2.24) is 4.98 Å². The van der Waals surface area contributed by atoms with E-state index in [1.807, 2.05) is 30.5 Å². The molecule has 3 aliphatic rings. The summed E-state index contributed by atoms with van der Waals surface area (Å²) < 4.78 is 0.787. The number of piperidine rings is 3. The summed E-state index contributed by atoms with van der Waals surface area (Å²) in [5.41, 5.74) is 4.18. The maximum absolute atomic E-state index is 13.5. The first-order valence-corrected chi connectivity index (χ1v) is 18.3. The Morgan fingerprint density at radius 1 is 0.765 bits per heavy atom. The monoisotopic (exact) mass is 667 g/mol. The van der Waals surface area contributed by atoms with E-state index >= 15 is 0 Å². The predicted octanol–water partition coefficient (Wildman–Crippen LogP) is 9.47. The van der Waals surface area contributed by atoms with E-state index in [1.165, 1.54) is 0 Å². The van der Waals surface area contributed by atoms with Crippen LogP contribution >= 0.6 is 0 Å². The van der Waals surface area contributed by atoms with E-state index in [0.717, 1.165) is 97.2 Å². The van der Waals surface area contributed by atoms with Gasteiger partial charge in [0.2, 0.25) is 0 Å². The van der Waals surface area contributed by atoms with Gasteiger partial charge in [0, 0.05) is 47.0 Å². The highest BCUT2D eigenvalue weighted by Crippen LogP contribution is 2.49. The molecule has 6 aromatic carbocycles. The van der Waals surface area contributed by atoms with Crippen molar-refractivity contribution in [3.8, 4) is 0 Å². The highest BCUT2D eigenvalue weighted by Gasteiger charge is 2.54. The smallest absolute Gasteiger partial charge is 0.141 e. The SMILES string of the molecule is C=C[C@H]1C[N@+]2(Cc3cccc(C(O)(c4cccc5ccccc45)c4cccc5ccccc45)c3)CC[C@H]1C[C@@H]2[C@@H](O)c1ccnc2ccccc12. The summed E-state index contributed by atoms with van der Waals surface area (Å²) in [6.45, 7) is 6.97. The Labute approximate surface area is 299 Å². The van der Waals surface area contributed by atoms with Gasteiger partial charge in [-0.25, -0.2) is 0 Å². The Morgan fingerprint density at radius 2 is 1.39 bits per heavy atom. The van der Waals surface area contributed by atoms with E-state index < -0.39 is 11.7 Å². The zero-order chi connectivity index (χ0) is 34.6. The van der Waals surface area contributed by atoms with Crippen LogP contribution in [0.15, 0.2) is 158 Å². The molecule has 1 aromatic heterocycles. The van der Waals surface area contributed by atoms with Crippen molar-refractivity contribution in [1.29, 1.82) is 0 Å². The van der Waals surface area contributed by atoms with Gasteiger partial charge >= 0.3 is 0 Å². The Morgan fingerprint density at radius 3 is 2.10 bits per heavy atom. The number of pyridine rings is 1. The fourth-order valence-corrected chi connectivity index (χ4v) is 9.76. The summed E-state index contributed by atoms with van der Waals surface area (Å²) in [5, 5.41) is 31.1. The number of hydrogen-bond donors (Lipinski definition) is 2. The maximum atomic E-state index is 13.5. The Hall–Kier alpha value is -5.13. The maximum Gasteiger partial charge on any atom is 0.141 e. The van der Waals surface area contributed by atoms with Crippen LogP contribution in [-0.4, -0.2) is 38.8 Å². The van der Waals surface area contributed by atoms with Crippen LogP contribution in [0.1, 0.15) is 46.8 Å². The topological polar surface area (TPSA) is 53.4 Å². The minimum Gasteiger partial charge on any atom is -0.382 e. The van der Waals surface area contributed by atoms with Crippen LogP contribution in [-0.2, 0) is 12.1 Å². The molecule has 2 N–H and O–H groups in total. The van der Waals surface area contributed by atoms with Gasteiger partial charge in [-0.05, 0) is 56.8 Å². The van der Waals surface area contributed by atoms with Crippen molar-refractivity contribution >= 4 is 32.4 Å². The summed E-state index contributed by atoms with van der Waals surface area (Å²) in [5.74, 6) is 0.923. The fraction of sp³-hybridized carbons (Fsp3) is 0.213. The van der Waals surface area contributed by atoms with Crippen LogP contribution in [0.25, 0.3) is 32.4 Å². The number of hydrogen-bond acceptors (Lipinski definition) is 3. The zero-order valence-corrected chi connectivity index (χ0v) is 28.8. The first-order valence-electron chi connectivity index (χ1n) is 18.3. The predicted molar refractivity (Wildman–Crippen MR) is 207 cm³/mol. The summed E-state index contributed by atoms with van der Waals surface area (Å²) in [6.07, 6.45) is 5.42. The number of rotatable bonds is 8. The number of quaternary nitrogens is 1. The molecule has 0 amide bonds. The van der Waals surface area contributed by atoms with Gasteiger partial charge in [-0.2, -0.15) is 0 Å². The second-order valence-electron chi connectivity index (χ2n) is 14.9. The van der Waals surface area contributed by atoms with Crippen LogP contribution in [0, 0.1) is 11.8 Å². The second-order valence-corrected chi connectivity index (χ2v) is 14.9. The third-order valence-electron chi connectivity index (χ3n) is 12.2. The normalized spacial score (nSPS) is 22.4. The quantitative estimate of drug-likeness (QED) is 0.0965. The zero-order valence-electron chi connectivity index (χ0n) is 28.8. The van der Waals surface area contributed by atoms with Crippen LogP contribution in [0.4, 0.5) is 0 Å². The number of para-hydroxylation sites is 1. The first-order chi connectivity index (χ1) is 25.0.